The van der Waals surface area contributed by atoms with E-state index in [4.69, 9.17) is 20.8 Å². The van der Waals surface area contributed by atoms with E-state index in [1.54, 1.807) is 4.90 Å². The lowest BCUT2D eigenvalue weighted by Crippen LogP contribution is -2.65. The van der Waals surface area contributed by atoms with Crippen LogP contribution >= 0.6 is 0 Å². The van der Waals surface area contributed by atoms with Gasteiger partial charge in [-0.25, -0.2) is 4.79 Å². The minimum atomic E-state index is -1.37. The second-order valence-corrected chi connectivity index (χ2v) is 18.4. The first-order chi connectivity index (χ1) is 29.0. The number of nitrogens with one attached hydrogen (secondary N) is 4. The number of nitrogens with two attached hydrogens (primary N) is 2. The molecule has 336 valence electrons. The summed E-state index contributed by atoms with van der Waals surface area (Å²) in [6.07, 6.45) is 6.19. The van der Waals surface area contributed by atoms with E-state index in [1.807, 2.05) is 31.2 Å². The summed E-state index contributed by atoms with van der Waals surface area (Å²) in [6.45, 7) is 15.0. The van der Waals surface area contributed by atoms with Crippen LogP contribution in [0.2, 0.25) is 0 Å². The SMILES string of the molecule is CCCCc1ccc(-c2ccc(CN(CCCN)C(=O)N[C@H](C(=O)N[C@@H](C)C(=O)N[C@@H](CCCCN)C(=O)N[C@@H](C)B3O[C@@H]4C[C@@H]5C[C@@H](C5(C)C)[C@]4(C)O3)[C@@H](C)O)cc2)cc1. The Labute approximate surface area is 363 Å². The number of amides is 5. The van der Waals surface area contributed by atoms with Crippen molar-refractivity contribution in [3.63, 3.8) is 0 Å². The van der Waals surface area contributed by atoms with Gasteiger partial charge in [-0.1, -0.05) is 75.7 Å². The number of aliphatic hydroxyl groups is 1. The summed E-state index contributed by atoms with van der Waals surface area (Å²) in [5, 5.41) is 21.8. The van der Waals surface area contributed by atoms with Crippen molar-refractivity contribution in [2.45, 2.75) is 155 Å². The lowest BCUT2D eigenvalue weighted by molar-refractivity contribution is -0.199. The van der Waals surface area contributed by atoms with Crippen LogP contribution in [0.5, 0.6) is 0 Å². The quantitative estimate of drug-likeness (QED) is 0.0669. The number of carbonyl (C=O) groups excluding carboxylic acids is 4. The van der Waals surface area contributed by atoms with Gasteiger partial charge in [0.05, 0.1) is 23.8 Å². The van der Waals surface area contributed by atoms with Crippen LogP contribution in [0.4, 0.5) is 4.79 Å². The largest absolute Gasteiger partial charge is 0.481 e. The molecule has 9 N–H and O–H groups in total. The van der Waals surface area contributed by atoms with Gasteiger partial charge in [0, 0.05) is 13.1 Å². The number of aryl methyl sites for hydroxylation is 1. The van der Waals surface area contributed by atoms with Crippen molar-refractivity contribution in [2.75, 3.05) is 19.6 Å². The highest BCUT2D eigenvalue weighted by atomic mass is 16.7. The molecule has 2 bridgehead atoms. The molecule has 61 heavy (non-hydrogen) atoms. The number of carbonyl (C=O) groups is 4. The van der Waals surface area contributed by atoms with E-state index < -0.39 is 66.6 Å². The third kappa shape index (κ3) is 11.7. The monoisotopic (exact) mass is 846 g/mol. The van der Waals surface area contributed by atoms with E-state index in [0.29, 0.717) is 57.2 Å². The minimum absolute atomic E-state index is 0.0380. The molecule has 4 aliphatic rings. The molecular formula is C46H72BN7O7. The van der Waals surface area contributed by atoms with Crippen LogP contribution in [0.1, 0.15) is 111 Å². The lowest BCUT2D eigenvalue weighted by atomic mass is 9.43. The van der Waals surface area contributed by atoms with Crippen molar-refractivity contribution in [1.29, 1.82) is 0 Å². The molecule has 9 atom stereocenters. The Hall–Kier alpha value is -4.02. The van der Waals surface area contributed by atoms with Gasteiger partial charge >= 0.3 is 13.1 Å². The number of hydrogen-bond acceptors (Lipinski definition) is 9. The summed E-state index contributed by atoms with van der Waals surface area (Å²) in [5.41, 5.74) is 15.7. The third-order valence-corrected chi connectivity index (χ3v) is 13.5. The standard InChI is InChI=1S/C46H72BN7O7/c1-8-9-13-32-15-19-34(20-16-32)35-21-17-33(18-22-35)28-54(25-12-24-49)44(59)53-40(30(3)55)43(58)50-29(2)41(56)52-37(14-10-11-23-48)42(57)51-31(4)47-60-39-27-36-26-38(45(36,5)6)46(39,7)61-47/h15-22,29-31,36-40,55H,8-14,23-28,48-49H2,1-7H3,(H,50,58)(H,51,57)(H,52,56)(H,53,59)/t29-,30+,31-,36-,37-,38-,39+,40-,46-/m0/s1. The average Bonchev–Trinajstić information content (AvgIpc) is 3.61. The first-order valence-electron chi connectivity index (χ1n) is 22.6. The summed E-state index contributed by atoms with van der Waals surface area (Å²) in [4.78, 5) is 56.1. The van der Waals surface area contributed by atoms with E-state index in [-0.39, 0.29) is 18.1 Å². The number of rotatable bonds is 22. The molecule has 1 aliphatic heterocycles. The van der Waals surface area contributed by atoms with Crippen molar-refractivity contribution < 1.29 is 33.6 Å². The number of aliphatic hydroxyl groups excluding tert-OH is 1. The fourth-order valence-corrected chi connectivity index (χ4v) is 9.37. The zero-order valence-electron chi connectivity index (χ0n) is 37.5. The molecule has 3 aliphatic carbocycles. The first-order valence-corrected chi connectivity index (χ1v) is 22.6. The second kappa shape index (κ2) is 21.4. The molecule has 2 aromatic rings. The van der Waals surface area contributed by atoms with Crippen LogP contribution < -0.4 is 32.7 Å². The third-order valence-electron chi connectivity index (χ3n) is 13.5. The van der Waals surface area contributed by atoms with Gasteiger partial charge in [0.1, 0.15) is 18.1 Å². The Kier molecular flexibility index (Phi) is 16.8. The maximum absolute atomic E-state index is 13.7. The molecule has 14 nitrogen and oxygen atoms in total. The topological polar surface area (TPSA) is 210 Å². The van der Waals surface area contributed by atoms with Gasteiger partial charge in [-0.05, 0) is 132 Å². The van der Waals surface area contributed by atoms with Crippen molar-refractivity contribution in [1.82, 2.24) is 26.2 Å². The zero-order valence-corrected chi connectivity index (χ0v) is 37.5. The first kappa shape index (κ1) is 48.0. The maximum atomic E-state index is 13.7. The molecule has 4 fully saturated rings. The van der Waals surface area contributed by atoms with Crippen LogP contribution in [0.3, 0.4) is 0 Å². The second-order valence-electron chi connectivity index (χ2n) is 18.4. The van der Waals surface area contributed by atoms with E-state index in [1.165, 1.54) is 19.4 Å². The predicted octanol–water partition coefficient (Wildman–Crippen LogP) is 4.20. The number of unbranched alkanes of at least 4 members (excludes halogenated alkanes) is 2. The van der Waals surface area contributed by atoms with Crippen molar-refractivity contribution in [2.24, 2.45) is 28.7 Å². The molecule has 0 unspecified atom stereocenters. The highest BCUT2D eigenvalue weighted by Crippen LogP contribution is 2.65. The van der Waals surface area contributed by atoms with E-state index in [9.17, 15) is 24.3 Å². The summed E-state index contributed by atoms with van der Waals surface area (Å²) in [7, 11) is -0.629. The van der Waals surface area contributed by atoms with Gasteiger partial charge in [0.25, 0.3) is 0 Å². The molecular weight excluding hydrogens is 773 g/mol. The molecule has 0 radical (unpaired) electrons. The van der Waals surface area contributed by atoms with E-state index in [2.05, 4.69) is 73.2 Å². The van der Waals surface area contributed by atoms with Gasteiger partial charge in [-0.2, -0.15) is 0 Å². The normalized spacial score (nSPS) is 23.6. The number of nitrogens with zero attached hydrogens (tertiary/aromatic N) is 1. The smallest absolute Gasteiger partial charge is 0.404 e. The summed E-state index contributed by atoms with van der Waals surface area (Å²) < 4.78 is 12.9. The Morgan fingerprint density at radius 3 is 2.05 bits per heavy atom. The average molecular weight is 846 g/mol. The number of benzene rings is 2. The molecule has 1 saturated heterocycles. The fraction of sp³-hybridized carbons (Fsp3) is 0.652. The van der Waals surface area contributed by atoms with E-state index >= 15 is 0 Å². The number of urea groups is 1. The molecule has 0 spiro atoms. The molecule has 5 amide bonds. The molecule has 1 heterocycles. The van der Waals surface area contributed by atoms with Crippen LogP contribution in [-0.4, -0.2) is 102 Å². The van der Waals surface area contributed by atoms with Crippen molar-refractivity contribution in [3.8, 4) is 11.1 Å². The highest BCUT2D eigenvalue weighted by molar-refractivity contribution is 6.47. The summed E-state index contributed by atoms with van der Waals surface area (Å²) in [6, 6.07) is 12.6. The van der Waals surface area contributed by atoms with Crippen LogP contribution in [0.15, 0.2) is 48.5 Å². The summed E-state index contributed by atoms with van der Waals surface area (Å²) >= 11 is 0. The van der Waals surface area contributed by atoms with Gasteiger partial charge in [0.15, 0.2) is 0 Å². The van der Waals surface area contributed by atoms with Gasteiger partial charge in [0.2, 0.25) is 17.7 Å². The zero-order chi connectivity index (χ0) is 44.5. The van der Waals surface area contributed by atoms with Gasteiger partial charge in [-0.3, -0.25) is 14.4 Å². The van der Waals surface area contributed by atoms with Crippen LogP contribution in [0, 0.1) is 17.3 Å². The summed E-state index contributed by atoms with van der Waals surface area (Å²) in [5.74, 6) is -1.27. The van der Waals surface area contributed by atoms with Gasteiger partial charge < -0.3 is 52.0 Å². The number of hydrogen-bond donors (Lipinski definition) is 7. The van der Waals surface area contributed by atoms with Crippen LogP contribution in [0.25, 0.3) is 11.1 Å². The predicted molar refractivity (Wildman–Crippen MR) is 239 cm³/mol. The molecule has 3 saturated carbocycles. The molecule has 15 heteroatoms. The Balaban J connectivity index is 1.16. The van der Waals surface area contributed by atoms with Crippen molar-refractivity contribution >= 4 is 30.9 Å². The minimum Gasteiger partial charge on any atom is -0.404 e. The lowest BCUT2D eigenvalue weighted by Gasteiger charge is -2.64. The Bertz CT molecular complexity index is 1780. The van der Waals surface area contributed by atoms with Crippen molar-refractivity contribution in [3.05, 3.63) is 59.7 Å². The van der Waals surface area contributed by atoms with Gasteiger partial charge in [-0.15, -0.1) is 0 Å². The fourth-order valence-electron chi connectivity index (χ4n) is 9.37. The van der Waals surface area contributed by atoms with E-state index in [0.717, 1.165) is 48.8 Å². The Morgan fingerprint density at radius 1 is 0.820 bits per heavy atom. The Morgan fingerprint density at radius 2 is 1.46 bits per heavy atom. The molecule has 6 rings (SSSR count). The van der Waals surface area contributed by atoms with Crippen LogP contribution in [-0.2, 0) is 36.7 Å². The molecule has 0 aromatic heterocycles. The maximum Gasteiger partial charge on any atom is 0.481 e. The molecule has 2 aromatic carbocycles. The highest BCUT2D eigenvalue weighted by Gasteiger charge is 2.68.